The van der Waals surface area contributed by atoms with Crippen molar-refractivity contribution in [3.05, 3.63) is 71.8 Å². The normalized spacial score (nSPS) is 13.9. The van der Waals surface area contributed by atoms with Gasteiger partial charge in [0.15, 0.2) is 0 Å². The Morgan fingerprint density at radius 3 is 2.32 bits per heavy atom. The summed E-state index contributed by atoms with van der Waals surface area (Å²) in [6, 6.07) is 14.8. The third-order valence-electron chi connectivity index (χ3n) is 4.13. The average molecular weight is 447 g/mol. The second-order valence-corrected chi connectivity index (χ2v) is 8.12. The fraction of sp³-hybridized carbons (Fsp3) is 0.273. The molecular weight excluding hydrogens is 421 g/mol. The van der Waals surface area contributed by atoms with E-state index in [1.54, 1.807) is 37.3 Å². The van der Waals surface area contributed by atoms with Crippen molar-refractivity contribution in [3.63, 3.8) is 0 Å². The van der Waals surface area contributed by atoms with E-state index in [1.165, 1.54) is 20.3 Å². The lowest BCUT2D eigenvalue weighted by Gasteiger charge is -2.23. The molecule has 2 aromatic carbocycles. The fourth-order valence-corrected chi connectivity index (χ4v) is 3.80. The van der Waals surface area contributed by atoms with E-state index < -0.39 is 25.7 Å². The van der Waals surface area contributed by atoms with Gasteiger partial charge in [-0.05, 0) is 42.7 Å². The molecule has 0 saturated heterocycles. The van der Waals surface area contributed by atoms with Crippen LogP contribution in [0.1, 0.15) is 18.1 Å². The van der Waals surface area contributed by atoms with Gasteiger partial charge in [-0.1, -0.05) is 42.5 Å². The third kappa shape index (κ3) is 8.02. The van der Waals surface area contributed by atoms with Gasteiger partial charge < -0.3 is 14.0 Å². The van der Waals surface area contributed by atoms with Crippen LogP contribution in [-0.2, 0) is 34.6 Å². The first-order valence-corrected chi connectivity index (χ1v) is 11.1. The minimum absolute atomic E-state index is 0.185. The average Bonchev–Trinajstić information content (AvgIpc) is 2.78. The van der Waals surface area contributed by atoms with Gasteiger partial charge in [0, 0.05) is 13.2 Å². The molecule has 31 heavy (non-hydrogen) atoms. The molecule has 9 heteroatoms. The number of hydrogen-bond acceptors (Lipinski definition) is 7. The molecule has 0 aliphatic rings. The maximum Gasteiger partial charge on any atom is 0.459 e. The smallest absolute Gasteiger partial charge is 0.459 e. The van der Waals surface area contributed by atoms with Crippen molar-refractivity contribution in [2.45, 2.75) is 19.4 Å². The lowest BCUT2D eigenvalue weighted by atomic mass is 10.1. The highest BCUT2D eigenvalue weighted by atomic mass is 31.2. The van der Waals surface area contributed by atoms with Crippen LogP contribution < -0.4 is 9.61 Å². The minimum atomic E-state index is -3.89. The van der Waals surface area contributed by atoms with Crippen molar-refractivity contribution in [2.24, 2.45) is 0 Å². The van der Waals surface area contributed by atoms with Crippen LogP contribution in [0.3, 0.4) is 0 Å². The molecule has 0 bridgehead atoms. The first-order valence-electron chi connectivity index (χ1n) is 9.59. The number of methoxy groups -OCH3 is 1. The second-order valence-electron chi connectivity index (χ2n) is 6.32. The Kier molecular flexibility index (Phi) is 9.46. The van der Waals surface area contributed by atoms with E-state index in [-0.39, 0.29) is 18.8 Å². The third-order valence-corrected chi connectivity index (χ3v) is 5.69. The zero-order valence-corrected chi connectivity index (χ0v) is 18.5. The first kappa shape index (κ1) is 24.3. The monoisotopic (exact) mass is 447 g/mol. The van der Waals surface area contributed by atoms with Gasteiger partial charge in [-0.2, -0.15) is 5.09 Å². The van der Waals surface area contributed by atoms with Crippen LogP contribution >= 0.6 is 7.75 Å². The highest BCUT2D eigenvalue weighted by molar-refractivity contribution is 7.52. The predicted molar refractivity (Wildman–Crippen MR) is 116 cm³/mol. The van der Waals surface area contributed by atoms with E-state index in [0.29, 0.717) is 5.56 Å². The summed E-state index contributed by atoms with van der Waals surface area (Å²) in [7, 11) is -1.37. The molecule has 0 saturated carbocycles. The zero-order chi connectivity index (χ0) is 22.7. The van der Waals surface area contributed by atoms with E-state index in [4.69, 9.17) is 13.8 Å². The quantitative estimate of drug-likeness (QED) is 0.316. The maximum atomic E-state index is 13.2. The van der Waals surface area contributed by atoms with Gasteiger partial charge >= 0.3 is 19.7 Å². The van der Waals surface area contributed by atoms with Crippen LogP contribution in [0.5, 0.6) is 5.75 Å². The van der Waals surface area contributed by atoms with Gasteiger partial charge in [0.1, 0.15) is 11.8 Å². The van der Waals surface area contributed by atoms with Crippen molar-refractivity contribution in [1.82, 2.24) is 5.09 Å². The molecule has 2 aromatic rings. The van der Waals surface area contributed by atoms with E-state index in [1.807, 2.05) is 30.3 Å². The summed E-state index contributed by atoms with van der Waals surface area (Å²) in [6.45, 7) is 1.88. The Morgan fingerprint density at radius 2 is 1.74 bits per heavy atom. The standard InChI is InChI=1S/C22H26NO7P/c1-4-29-22(25)20(16-18-8-6-5-7-9-18)23-31(26,28-3)30-19-13-10-17(11-14-19)12-15-21(24)27-2/h5-15,20H,4,16H2,1-3H3,(H,23,26)/b15-12+/t20-,31?/m0/s1. The lowest BCUT2D eigenvalue weighted by Crippen LogP contribution is -2.39. The van der Waals surface area contributed by atoms with Gasteiger partial charge in [0.2, 0.25) is 0 Å². The van der Waals surface area contributed by atoms with Crippen molar-refractivity contribution in [1.29, 1.82) is 0 Å². The Balaban J connectivity index is 2.14. The van der Waals surface area contributed by atoms with E-state index >= 15 is 0 Å². The van der Waals surface area contributed by atoms with E-state index in [9.17, 15) is 14.2 Å². The maximum absolute atomic E-state index is 13.2. The SMILES string of the molecule is CCOC(=O)[C@H](Cc1ccccc1)NP(=O)(OC)Oc1ccc(/C=C/C(=O)OC)cc1. The minimum Gasteiger partial charge on any atom is -0.466 e. The molecule has 0 aromatic heterocycles. The molecule has 1 N–H and O–H groups in total. The van der Waals surface area contributed by atoms with Crippen molar-refractivity contribution in [3.8, 4) is 5.75 Å². The Hall–Kier alpha value is -2.93. The molecule has 0 fully saturated rings. The van der Waals surface area contributed by atoms with Gasteiger partial charge in [-0.25, -0.2) is 9.36 Å². The molecule has 166 valence electrons. The number of nitrogens with one attached hydrogen (secondary N) is 1. The molecule has 2 atom stereocenters. The van der Waals surface area contributed by atoms with Crippen LogP contribution in [0, 0.1) is 0 Å². The number of carbonyl (C=O) groups is 2. The van der Waals surface area contributed by atoms with Crippen LogP contribution in [0.4, 0.5) is 0 Å². The summed E-state index contributed by atoms with van der Waals surface area (Å²) in [6.07, 6.45) is 3.10. The lowest BCUT2D eigenvalue weighted by molar-refractivity contribution is -0.145. The van der Waals surface area contributed by atoms with Gasteiger partial charge in [-0.15, -0.1) is 0 Å². The number of benzene rings is 2. The van der Waals surface area contributed by atoms with E-state index in [2.05, 4.69) is 9.82 Å². The molecule has 1 unspecified atom stereocenters. The van der Waals surface area contributed by atoms with Crippen molar-refractivity contribution in [2.75, 3.05) is 20.8 Å². The summed E-state index contributed by atoms with van der Waals surface area (Å²) in [4.78, 5) is 23.6. The summed E-state index contributed by atoms with van der Waals surface area (Å²) >= 11 is 0. The number of hydrogen-bond donors (Lipinski definition) is 1. The Labute approximate surface area is 181 Å². The summed E-state index contributed by atoms with van der Waals surface area (Å²) < 4.78 is 33.5. The number of carbonyl (C=O) groups excluding carboxylic acids is 2. The molecule has 0 radical (unpaired) electrons. The number of ether oxygens (including phenoxy) is 2. The van der Waals surface area contributed by atoms with E-state index in [0.717, 1.165) is 5.56 Å². The van der Waals surface area contributed by atoms with Crippen molar-refractivity contribution >= 4 is 25.8 Å². The highest BCUT2D eigenvalue weighted by Gasteiger charge is 2.33. The summed E-state index contributed by atoms with van der Waals surface area (Å²) in [5, 5.41) is 2.69. The molecular formula is C22H26NO7P. The number of rotatable bonds is 11. The van der Waals surface area contributed by atoms with Gasteiger partial charge in [0.05, 0.1) is 13.7 Å². The topological polar surface area (TPSA) is 100 Å². The summed E-state index contributed by atoms with van der Waals surface area (Å²) in [5.74, 6) is -0.775. The predicted octanol–water partition coefficient (Wildman–Crippen LogP) is 3.77. The van der Waals surface area contributed by atoms with Crippen LogP contribution in [0.2, 0.25) is 0 Å². The molecule has 2 rings (SSSR count). The van der Waals surface area contributed by atoms with Crippen molar-refractivity contribution < 1.29 is 32.7 Å². The van der Waals surface area contributed by atoms with Gasteiger partial charge in [-0.3, -0.25) is 9.32 Å². The molecule has 0 spiro atoms. The largest absolute Gasteiger partial charge is 0.466 e. The molecule has 0 amide bonds. The molecule has 0 aliphatic carbocycles. The number of esters is 2. The molecule has 0 aliphatic heterocycles. The fourth-order valence-electron chi connectivity index (χ4n) is 2.59. The highest BCUT2D eigenvalue weighted by Crippen LogP contribution is 2.44. The van der Waals surface area contributed by atoms with Crippen LogP contribution in [-0.4, -0.2) is 38.8 Å². The van der Waals surface area contributed by atoms with Crippen LogP contribution in [0.25, 0.3) is 6.08 Å². The van der Waals surface area contributed by atoms with Crippen LogP contribution in [0.15, 0.2) is 60.7 Å². The second kappa shape index (κ2) is 12.1. The van der Waals surface area contributed by atoms with Gasteiger partial charge in [0.25, 0.3) is 0 Å². The zero-order valence-electron chi connectivity index (χ0n) is 17.6. The molecule has 0 heterocycles. The summed E-state index contributed by atoms with van der Waals surface area (Å²) in [5.41, 5.74) is 1.57. The first-order chi connectivity index (χ1) is 14.9. The Morgan fingerprint density at radius 1 is 1.06 bits per heavy atom. The Bertz CT molecular complexity index is 929. The molecule has 8 nitrogen and oxygen atoms in total.